The second kappa shape index (κ2) is 4.76. The molecule has 0 saturated carbocycles. The molecule has 0 aromatic rings. The molecule has 1 fully saturated rings. The smallest absolute Gasteiger partial charge is 0.284 e. The summed E-state index contributed by atoms with van der Waals surface area (Å²) in [6.07, 6.45) is 2.63. The Morgan fingerprint density at radius 1 is 1.53 bits per heavy atom. The molecule has 0 spiro atoms. The molecular formula is C9H12N4O3S. The number of aliphatic hydroxyl groups is 1. The van der Waals surface area contributed by atoms with Gasteiger partial charge in [-0.1, -0.05) is 12.2 Å². The molecule has 0 aliphatic carbocycles. The molecule has 0 bridgehead atoms. The fourth-order valence-corrected chi connectivity index (χ4v) is 2.68. The Labute approximate surface area is 102 Å². The number of aliphatic hydroxyl groups excluding tert-OH is 1. The van der Waals surface area contributed by atoms with E-state index in [9.17, 15) is 9.59 Å². The van der Waals surface area contributed by atoms with Gasteiger partial charge in [-0.25, -0.2) is 4.99 Å². The van der Waals surface area contributed by atoms with Gasteiger partial charge in [-0.15, -0.1) is 0 Å². The largest absolute Gasteiger partial charge is 0.392 e. The molecule has 4 N–H and O–H groups in total. The predicted octanol–water partition coefficient (Wildman–Crippen LogP) is -1.16. The van der Waals surface area contributed by atoms with Crippen LogP contribution in [0.4, 0.5) is 4.79 Å². The first-order valence-corrected chi connectivity index (χ1v) is 5.88. The number of carbonyl (C=O) groups excluding carboxylic acids is 2. The molecule has 1 saturated heterocycles. The Kier molecular flexibility index (Phi) is 3.34. The Morgan fingerprint density at radius 2 is 2.29 bits per heavy atom. The van der Waals surface area contributed by atoms with E-state index < -0.39 is 11.4 Å². The van der Waals surface area contributed by atoms with Crippen molar-refractivity contribution < 1.29 is 14.7 Å². The zero-order chi connectivity index (χ0) is 12.4. The first-order chi connectivity index (χ1) is 8.13. The SMILES string of the molecule is NC1=NC2C(SC(=O)N2C/C=C\CO)C(=O)N1. The number of guanidine groups is 1. The Morgan fingerprint density at radius 3 is 3.00 bits per heavy atom. The molecule has 0 radical (unpaired) electrons. The molecule has 0 aromatic carbocycles. The molecule has 0 aromatic heterocycles. The molecule has 8 heteroatoms. The number of thioether (sulfide) groups is 1. The number of hydrogen-bond acceptors (Lipinski definition) is 6. The van der Waals surface area contributed by atoms with Crippen molar-refractivity contribution in [3.8, 4) is 0 Å². The summed E-state index contributed by atoms with van der Waals surface area (Å²) in [5, 5.41) is 10.2. The van der Waals surface area contributed by atoms with Gasteiger partial charge in [0.15, 0.2) is 5.96 Å². The third kappa shape index (κ3) is 2.27. The van der Waals surface area contributed by atoms with Gasteiger partial charge in [0.1, 0.15) is 11.4 Å². The zero-order valence-electron chi connectivity index (χ0n) is 8.87. The van der Waals surface area contributed by atoms with E-state index in [1.807, 2.05) is 0 Å². The van der Waals surface area contributed by atoms with Crippen molar-refractivity contribution in [3.63, 3.8) is 0 Å². The average molecular weight is 256 g/mol. The van der Waals surface area contributed by atoms with Gasteiger partial charge >= 0.3 is 0 Å². The van der Waals surface area contributed by atoms with Crippen LogP contribution in [0.1, 0.15) is 0 Å². The van der Waals surface area contributed by atoms with E-state index in [0.717, 1.165) is 11.8 Å². The highest BCUT2D eigenvalue weighted by molar-refractivity contribution is 8.15. The summed E-state index contributed by atoms with van der Waals surface area (Å²) in [5.74, 6) is -0.267. The predicted molar refractivity (Wildman–Crippen MR) is 63.3 cm³/mol. The lowest BCUT2D eigenvalue weighted by Crippen LogP contribution is -2.52. The first kappa shape index (κ1) is 11.9. The van der Waals surface area contributed by atoms with Crippen molar-refractivity contribution in [1.82, 2.24) is 10.2 Å². The van der Waals surface area contributed by atoms with Crippen molar-refractivity contribution in [2.45, 2.75) is 11.4 Å². The Balaban J connectivity index is 2.16. The van der Waals surface area contributed by atoms with Crippen molar-refractivity contribution in [1.29, 1.82) is 0 Å². The second-order valence-corrected chi connectivity index (χ2v) is 4.62. The minimum atomic E-state index is -0.551. The normalized spacial score (nSPS) is 28.3. The van der Waals surface area contributed by atoms with Crippen molar-refractivity contribution >= 4 is 28.9 Å². The number of fused-ring (bicyclic) bond motifs is 1. The van der Waals surface area contributed by atoms with Crippen molar-refractivity contribution in [2.24, 2.45) is 10.7 Å². The minimum absolute atomic E-state index is 0.0303. The summed E-state index contributed by atoms with van der Waals surface area (Å²) >= 11 is 0.942. The number of nitrogens with zero attached hydrogens (tertiary/aromatic N) is 2. The van der Waals surface area contributed by atoms with Crippen molar-refractivity contribution in [2.75, 3.05) is 13.2 Å². The van der Waals surface area contributed by atoms with Crippen LogP contribution in [0.25, 0.3) is 0 Å². The highest BCUT2D eigenvalue weighted by atomic mass is 32.2. The van der Waals surface area contributed by atoms with Crippen LogP contribution >= 0.6 is 11.8 Å². The van der Waals surface area contributed by atoms with Crippen LogP contribution in [0.2, 0.25) is 0 Å². The van der Waals surface area contributed by atoms with Gasteiger partial charge in [-0.2, -0.15) is 0 Å². The minimum Gasteiger partial charge on any atom is -0.392 e. The standard InChI is InChI=1S/C9H12N4O3S/c10-8-11-6-5(7(15)12-8)17-9(16)13(6)3-1-2-4-14/h1-2,5-6,14H,3-4H2,(H3,10,11,12,15)/b2-1-. The van der Waals surface area contributed by atoms with E-state index in [4.69, 9.17) is 10.8 Å². The van der Waals surface area contributed by atoms with Crippen LogP contribution in [0.15, 0.2) is 17.1 Å². The molecule has 2 unspecified atom stereocenters. The summed E-state index contributed by atoms with van der Waals surface area (Å²) in [7, 11) is 0. The van der Waals surface area contributed by atoms with Gasteiger partial charge in [0.25, 0.3) is 5.24 Å². The highest BCUT2D eigenvalue weighted by Gasteiger charge is 2.46. The lowest BCUT2D eigenvalue weighted by molar-refractivity contribution is -0.120. The number of aliphatic imine (C=N–C) groups is 1. The Hall–Kier alpha value is -1.54. The van der Waals surface area contributed by atoms with Gasteiger partial charge in [-0.05, 0) is 11.8 Å². The number of amides is 2. The lowest BCUT2D eigenvalue weighted by atomic mass is 10.2. The maximum absolute atomic E-state index is 11.7. The van der Waals surface area contributed by atoms with Crippen LogP contribution in [-0.4, -0.2) is 51.7 Å². The van der Waals surface area contributed by atoms with E-state index in [1.165, 1.54) is 11.0 Å². The first-order valence-electron chi connectivity index (χ1n) is 5.00. The molecule has 2 aliphatic rings. The molecule has 2 rings (SSSR count). The van der Waals surface area contributed by atoms with Gasteiger partial charge < -0.3 is 15.7 Å². The summed E-state index contributed by atoms with van der Waals surface area (Å²) in [6, 6.07) is 0. The lowest BCUT2D eigenvalue weighted by Gasteiger charge is -2.25. The number of nitrogens with one attached hydrogen (secondary N) is 1. The van der Waals surface area contributed by atoms with Gasteiger partial charge in [0.05, 0.1) is 6.61 Å². The maximum atomic E-state index is 11.7. The monoisotopic (exact) mass is 256 g/mol. The maximum Gasteiger partial charge on any atom is 0.284 e. The van der Waals surface area contributed by atoms with E-state index in [-0.39, 0.29) is 23.7 Å². The van der Waals surface area contributed by atoms with Crippen LogP contribution < -0.4 is 11.1 Å². The van der Waals surface area contributed by atoms with Gasteiger partial charge in [0.2, 0.25) is 5.91 Å². The highest BCUT2D eigenvalue weighted by Crippen LogP contribution is 2.33. The van der Waals surface area contributed by atoms with Gasteiger partial charge in [-0.3, -0.25) is 14.9 Å². The number of nitrogens with two attached hydrogens (primary N) is 1. The second-order valence-electron chi connectivity index (χ2n) is 3.53. The van der Waals surface area contributed by atoms with Crippen LogP contribution in [0.5, 0.6) is 0 Å². The zero-order valence-corrected chi connectivity index (χ0v) is 9.68. The molecule has 7 nitrogen and oxygen atoms in total. The molecule has 92 valence electrons. The molecule has 17 heavy (non-hydrogen) atoms. The van der Waals surface area contributed by atoms with Crippen molar-refractivity contribution in [3.05, 3.63) is 12.2 Å². The summed E-state index contributed by atoms with van der Waals surface area (Å²) in [4.78, 5) is 28.8. The Bertz CT molecular complexity index is 409. The molecule has 2 amide bonds. The van der Waals surface area contributed by atoms with E-state index >= 15 is 0 Å². The van der Waals surface area contributed by atoms with Crippen LogP contribution in [0.3, 0.4) is 0 Å². The number of hydrogen-bond donors (Lipinski definition) is 3. The topological polar surface area (TPSA) is 108 Å². The van der Waals surface area contributed by atoms with E-state index in [0.29, 0.717) is 6.54 Å². The number of carbonyl (C=O) groups is 2. The van der Waals surface area contributed by atoms with Gasteiger partial charge in [0, 0.05) is 6.54 Å². The van der Waals surface area contributed by atoms with Crippen LogP contribution in [0, 0.1) is 0 Å². The molecule has 2 heterocycles. The molecule has 2 aliphatic heterocycles. The van der Waals surface area contributed by atoms with E-state index in [1.54, 1.807) is 6.08 Å². The summed E-state index contributed by atoms with van der Waals surface area (Å²) in [5.41, 5.74) is 5.46. The number of rotatable bonds is 3. The quantitative estimate of drug-likeness (QED) is 0.552. The fourth-order valence-electron chi connectivity index (χ4n) is 1.65. The van der Waals surface area contributed by atoms with Crippen LogP contribution in [-0.2, 0) is 4.79 Å². The summed E-state index contributed by atoms with van der Waals surface area (Å²) in [6.45, 7) is 0.215. The fraction of sp³-hybridized carbons (Fsp3) is 0.444. The summed E-state index contributed by atoms with van der Waals surface area (Å²) < 4.78 is 0. The molecule has 2 atom stereocenters. The van der Waals surface area contributed by atoms with E-state index in [2.05, 4.69) is 10.3 Å². The third-order valence-electron chi connectivity index (χ3n) is 2.41. The molecular weight excluding hydrogens is 244 g/mol. The third-order valence-corrected chi connectivity index (χ3v) is 3.56. The average Bonchev–Trinajstić information content (AvgIpc) is 2.57.